The Labute approximate surface area is 645 Å². The summed E-state index contributed by atoms with van der Waals surface area (Å²) < 4.78 is 68.9. The van der Waals surface area contributed by atoms with Crippen LogP contribution in [-0.2, 0) is 65.4 Å². The van der Waals surface area contributed by atoms with E-state index in [-0.39, 0.29) is 25.7 Å². The van der Waals surface area contributed by atoms with Crippen LogP contribution in [0.1, 0.15) is 447 Å². The minimum Gasteiger partial charge on any atom is -0.462 e. The van der Waals surface area contributed by atoms with Gasteiger partial charge in [0.25, 0.3) is 0 Å². The van der Waals surface area contributed by atoms with Crippen LogP contribution in [0.25, 0.3) is 0 Å². The van der Waals surface area contributed by atoms with Gasteiger partial charge in [-0.2, -0.15) is 0 Å². The lowest BCUT2D eigenvalue weighted by Crippen LogP contribution is -2.30. The van der Waals surface area contributed by atoms with Gasteiger partial charge in [-0.15, -0.1) is 0 Å². The van der Waals surface area contributed by atoms with E-state index in [1.807, 2.05) is 0 Å². The van der Waals surface area contributed by atoms with Gasteiger partial charge >= 0.3 is 39.5 Å². The quantitative estimate of drug-likeness (QED) is 0.0222. The maximum Gasteiger partial charge on any atom is 0.472 e. The van der Waals surface area contributed by atoms with Gasteiger partial charge in [0.15, 0.2) is 12.2 Å². The molecule has 0 fully saturated rings. The number of ether oxygens (including phenoxy) is 4. The summed E-state index contributed by atoms with van der Waals surface area (Å²) in [6.45, 7) is 14.3. The highest BCUT2D eigenvalue weighted by Gasteiger charge is 2.31. The Balaban J connectivity index is 5.24. The minimum absolute atomic E-state index is 0.107. The lowest BCUT2D eigenvalue weighted by atomic mass is 10.00. The highest BCUT2D eigenvalue weighted by Crippen LogP contribution is 2.45. The topological polar surface area (TPSA) is 237 Å². The third-order valence-corrected chi connectivity index (χ3v) is 22.3. The molecule has 3 unspecified atom stereocenters. The zero-order valence-corrected chi connectivity index (χ0v) is 71.2. The van der Waals surface area contributed by atoms with Gasteiger partial charge in [0.1, 0.15) is 19.3 Å². The summed E-state index contributed by atoms with van der Waals surface area (Å²) in [5.74, 6) is 1.04. The number of phosphoric acid groups is 2. The summed E-state index contributed by atoms with van der Waals surface area (Å²) in [6, 6.07) is 0. The van der Waals surface area contributed by atoms with Crippen molar-refractivity contribution in [2.75, 3.05) is 39.6 Å². The first-order chi connectivity index (χ1) is 50.6. The molecule has 0 aromatic rings. The first-order valence-corrected chi connectivity index (χ1v) is 47.2. The maximum absolute atomic E-state index is 13.1. The second-order valence-electron chi connectivity index (χ2n) is 32.6. The fourth-order valence-electron chi connectivity index (χ4n) is 13.3. The van der Waals surface area contributed by atoms with Crippen molar-refractivity contribution in [1.29, 1.82) is 0 Å². The van der Waals surface area contributed by atoms with Gasteiger partial charge < -0.3 is 33.8 Å². The van der Waals surface area contributed by atoms with Crippen molar-refractivity contribution in [3.05, 3.63) is 0 Å². The summed E-state index contributed by atoms with van der Waals surface area (Å²) in [5.41, 5.74) is 0. The molecule has 0 saturated carbocycles. The predicted octanol–water partition coefficient (Wildman–Crippen LogP) is 25.9. The first-order valence-electron chi connectivity index (χ1n) is 44.2. The molecule has 0 aromatic heterocycles. The summed E-state index contributed by atoms with van der Waals surface area (Å²) >= 11 is 0. The number of aliphatic hydroxyl groups is 1. The largest absolute Gasteiger partial charge is 0.472 e. The molecule has 0 radical (unpaired) electrons. The van der Waals surface area contributed by atoms with Crippen LogP contribution in [0.3, 0.4) is 0 Å². The monoisotopic (exact) mass is 1540 g/mol. The van der Waals surface area contributed by atoms with Crippen LogP contribution in [0.2, 0.25) is 0 Å². The number of phosphoric ester groups is 2. The predicted molar refractivity (Wildman–Crippen MR) is 432 cm³/mol. The van der Waals surface area contributed by atoms with Crippen LogP contribution in [0.15, 0.2) is 0 Å². The molecule has 0 aliphatic rings. The number of aliphatic hydroxyl groups excluding tert-OH is 1. The average molecular weight is 1540 g/mol. The van der Waals surface area contributed by atoms with Crippen LogP contribution in [-0.4, -0.2) is 96.7 Å². The Kier molecular flexibility index (Phi) is 73.4. The zero-order valence-electron chi connectivity index (χ0n) is 69.4. The van der Waals surface area contributed by atoms with Gasteiger partial charge in [-0.3, -0.25) is 37.3 Å². The molecule has 3 N–H and O–H groups in total. The van der Waals surface area contributed by atoms with Crippen LogP contribution in [0.4, 0.5) is 0 Å². The van der Waals surface area contributed by atoms with E-state index >= 15 is 0 Å². The Morgan fingerprint density at radius 3 is 0.676 bits per heavy atom. The molecule has 0 saturated heterocycles. The molecule has 0 spiro atoms. The smallest absolute Gasteiger partial charge is 0.462 e. The van der Waals surface area contributed by atoms with E-state index in [2.05, 4.69) is 55.4 Å². The summed E-state index contributed by atoms with van der Waals surface area (Å²) in [6.07, 6.45) is 63.9. The minimum atomic E-state index is -4.97. The molecule has 17 nitrogen and oxygen atoms in total. The lowest BCUT2D eigenvalue weighted by molar-refractivity contribution is -0.161. The standard InChI is InChI=1S/C86H168O17P2/c1-9-79(8)65-57-49-44-45-51-59-67-84(89)97-73-82(103-86(91)69-61-53-43-37-31-25-19-13-16-22-28-34-40-48-56-64-78(6)7)75-101-105(94,95)99-71-80(87)70-98-104(92,93)100-74-81(102-85(90)68-60-52-42-36-30-24-18-12-15-21-27-33-39-47-55-63-77(4)5)72-96-83(88)66-58-50-41-35-29-23-17-11-10-14-20-26-32-38-46-54-62-76(2)3/h76-82,87H,9-75H2,1-8H3,(H,92,93)(H,94,95)/t79?,80-,81-,82-/m1/s1. The van der Waals surface area contributed by atoms with E-state index in [1.54, 1.807) is 0 Å². The zero-order chi connectivity index (χ0) is 77.4. The van der Waals surface area contributed by atoms with Crippen LogP contribution < -0.4 is 0 Å². The molecule has 19 heteroatoms. The van der Waals surface area contributed by atoms with Crippen molar-refractivity contribution in [2.24, 2.45) is 23.7 Å². The van der Waals surface area contributed by atoms with E-state index in [4.69, 9.17) is 37.0 Å². The van der Waals surface area contributed by atoms with Gasteiger partial charge in [-0.05, 0) is 49.4 Å². The maximum atomic E-state index is 13.1. The molecule has 0 aromatic carbocycles. The molecule has 105 heavy (non-hydrogen) atoms. The first kappa shape index (κ1) is 103. The van der Waals surface area contributed by atoms with Crippen molar-refractivity contribution in [1.82, 2.24) is 0 Å². The molecular weight excluding hydrogens is 1370 g/mol. The van der Waals surface area contributed by atoms with E-state index in [0.717, 1.165) is 120 Å². The number of unbranched alkanes of at least 4 members (excludes halogenated alkanes) is 48. The molecule has 0 aliphatic heterocycles. The van der Waals surface area contributed by atoms with Gasteiger partial charge in [0.05, 0.1) is 26.4 Å². The molecule has 0 heterocycles. The number of carbonyl (C=O) groups is 4. The lowest BCUT2D eigenvalue weighted by Gasteiger charge is -2.21. The van der Waals surface area contributed by atoms with E-state index < -0.39 is 97.5 Å². The van der Waals surface area contributed by atoms with Crippen LogP contribution in [0, 0.1) is 23.7 Å². The van der Waals surface area contributed by atoms with Crippen molar-refractivity contribution in [3.8, 4) is 0 Å². The fourth-order valence-corrected chi connectivity index (χ4v) is 14.9. The number of hydrogen-bond acceptors (Lipinski definition) is 15. The van der Waals surface area contributed by atoms with Crippen molar-refractivity contribution in [3.63, 3.8) is 0 Å². The van der Waals surface area contributed by atoms with E-state index in [0.29, 0.717) is 25.7 Å². The highest BCUT2D eigenvalue weighted by atomic mass is 31.2. The second kappa shape index (κ2) is 74.8. The van der Waals surface area contributed by atoms with Crippen LogP contribution in [0.5, 0.6) is 0 Å². The SMILES string of the molecule is CCC(C)CCCCCCCCC(=O)OC[C@H](COP(=O)(O)OC[C@H](O)COP(=O)(O)OC[C@@H](COC(=O)CCCCCCCCCCCCCCCCCCC(C)C)OC(=O)CCCCCCCCCCCCCCCCCC(C)C)OC(=O)CCCCCCCCCCCCCCCCCC(C)C. The third-order valence-electron chi connectivity index (χ3n) is 20.4. The van der Waals surface area contributed by atoms with Crippen molar-refractivity contribution >= 4 is 39.5 Å². The van der Waals surface area contributed by atoms with Crippen molar-refractivity contribution in [2.45, 2.75) is 465 Å². The molecular formula is C86H168O17P2. The fraction of sp³-hybridized carbons (Fsp3) is 0.953. The van der Waals surface area contributed by atoms with Gasteiger partial charge in [-0.1, -0.05) is 396 Å². The Morgan fingerprint density at radius 2 is 0.457 bits per heavy atom. The molecule has 0 rings (SSSR count). The van der Waals surface area contributed by atoms with Gasteiger partial charge in [-0.25, -0.2) is 9.13 Å². The summed E-state index contributed by atoms with van der Waals surface area (Å²) in [7, 11) is -9.93. The Morgan fingerprint density at radius 1 is 0.267 bits per heavy atom. The highest BCUT2D eigenvalue weighted by molar-refractivity contribution is 7.47. The molecule has 0 aliphatic carbocycles. The Hall–Kier alpha value is -1.94. The Bertz CT molecular complexity index is 2040. The normalized spacial score (nSPS) is 14.2. The molecule has 624 valence electrons. The average Bonchev–Trinajstić information content (AvgIpc) is 0.945. The van der Waals surface area contributed by atoms with Gasteiger partial charge in [0.2, 0.25) is 0 Å². The number of carbonyl (C=O) groups excluding carboxylic acids is 4. The van der Waals surface area contributed by atoms with E-state index in [9.17, 15) is 43.2 Å². The summed E-state index contributed by atoms with van der Waals surface area (Å²) in [4.78, 5) is 73.2. The summed E-state index contributed by atoms with van der Waals surface area (Å²) in [5, 5.41) is 10.7. The molecule has 0 bridgehead atoms. The number of hydrogen-bond donors (Lipinski definition) is 3. The second-order valence-corrected chi connectivity index (χ2v) is 35.5. The van der Waals surface area contributed by atoms with Crippen molar-refractivity contribution < 1.29 is 80.2 Å². The van der Waals surface area contributed by atoms with Crippen LogP contribution >= 0.6 is 15.6 Å². The third kappa shape index (κ3) is 78.5. The van der Waals surface area contributed by atoms with E-state index in [1.165, 1.54) is 244 Å². The number of esters is 4. The molecule has 0 amide bonds. The molecule has 6 atom stereocenters. The van der Waals surface area contributed by atoms with Gasteiger partial charge in [0, 0.05) is 25.7 Å². The number of rotatable bonds is 83.